The van der Waals surface area contributed by atoms with E-state index in [9.17, 15) is 9.59 Å². The van der Waals surface area contributed by atoms with Crippen LogP contribution in [-0.4, -0.2) is 18.4 Å². The number of hydrogen-bond acceptors (Lipinski definition) is 3. The first-order valence-corrected chi connectivity index (χ1v) is 9.61. The zero-order valence-electron chi connectivity index (χ0n) is 14.6. The third-order valence-corrected chi connectivity index (χ3v) is 4.72. The summed E-state index contributed by atoms with van der Waals surface area (Å²) < 4.78 is 0.867. The van der Waals surface area contributed by atoms with Gasteiger partial charge in [-0.15, -0.1) is 0 Å². The van der Waals surface area contributed by atoms with E-state index in [0.29, 0.717) is 18.1 Å². The predicted octanol–water partition coefficient (Wildman–Crippen LogP) is 4.45. The van der Waals surface area contributed by atoms with Crippen molar-refractivity contribution in [1.29, 1.82) is 5.26 Å². The van der Waals surface area contributed by atoms with Crippen molar-refractivity contribution in [2.75, 3.05) is 11.4 Å². The van der Waals surface area contributed by atoms with Crippen molar-refractivity contribution in [3.05, 3.63) is 63.6 Å². The smallest absolute Gasteiger partial charge is 0.227 e. The number of amides is 2. The molecule has 2 aromatic carbocycles. The second kappa shape index (κ2) is 10.7. The molecule has 0 spiro atoms. The maximum absolute atomic E-state index is 12.5. The SMILES string of the molecule is N#CCCN(C(=O)CCC(=O)NCc1ccc(Br)cc1Cl)c1ccccc1. The molecule has 2 amide bonds. The van der Waals surface area contributed by atoms with Crippen LogP contribution in [0.3, 0.4) is 0 Å². The molecule has 27 heavy (non-hydrogen) atoms. The number of para-hydroxylation sites is 1. The first-order valence-electron chi connectivity index (χ1n) is 8.44. The zero-order chi connectivity index (χ0) is 19.6. The first kappa shape index (κ1) is 20.9. The van der Waals surface area contributed by atoms with E-state index >= 15 is 0 Å². The summed E-state index contributed by atoms with van der Waals surface area (Å²) in [6.45, 7) is 0.603. The Hall–Kier alpha value is -2.36. The number of rotatable bonds is 8. The molecule has 2 aromatic rings. The minimum Gasteiger partial charge on any atom is -0.352 e. The number of anilines is 1. The summed E-state index contributed by atoms with van der Waals surface area (Å²) in [6, 6.07) is 16.6. The van der Waals surface area contributed by atoms with Crippen molar-refractivity contribution in [1.82, 2.24) is 5.32 Å². The second-order valence-corrected chi connectivity index (χ2v) is 7.12. The van der Waals surface area contributed by atoms with Crippen LogP contribution in [0.5, 0.6) is 0 Å². The lowest BCUT2D eigenvalue weighted by molar-refractivity contribution is -0.125. The van der Waals surface area contributed by atoms with E-state index in [1.807, 2.05) is 48.5 Å². The van der Waals surface area contributed by atoms with E-state index in [-0.39, 0.29) is 31.1 Å². The van der Waals surface area contributed by atoms with Crippen LogP contribution in [0.25, 0.3) is 0 Å². The van der Waals surface area contributed by atoms with Gasteiger partial charge in [-0.3, -0.25) is 9.59 Å². The molecule has 0 aliphatic carbocycles. The molecule has 1 N–H and O–H groups in total. The van der Waals surface area contributed by atoms with Crippen LogP contribution < -0.4 is 10.2 Å². The first-order chi connectivity index (χ1) is 13.0. The van der Waals surface area contributed by atoms with Gasteiger partial charge in [0, 0.05) is 41.1 Å². The Morgan fingerprint density at radius 1 is 1.15 bits per heavy atom. The summed E-state index contributed by atoms with van der Waals surface area (Å²) in [5.74, 6) is -0.413. The third kappa shape index (κ3) is 6.70. The Morgan fingerprint density at radius 2 is 1.89 bits per heavy atom. The number of carbonyl (C=O) groups is 2. The molecular formula is C20H19BrClN3O2. The van der Waals surface area contributed by atoms with Gasteiger partial charge in [-0.25, -0.2) is 0 Å². The lowest BCUT2D eigenvalue weighted by Crippen LogP contribution is -2.33. The Kier molecular flexibility index (Phi) is 8.31. The Balaban J connectivity index is 1.88. The van der Waals surface area contributed by atoms with Gasteiger partial charge >= 0.3 is 0 Å². The maximum atomic E-state index is 12.5. The average Bonchev–Trinajstić information content (AvgIpc) is 2.67. The largest absolute Gasteiger partial charge is 0.352 e. The number of halogens is 2. The summed E-state index contributed by atoms with van der Waals surface area (Å²) in [4.78, 5) is 26.2. The van der Waals surface area contributed by atoms with Crippen LogP contribution in [0, 0.1) is 11.3 Å². The molecule has 0 saturated carbocycles. The van der Waals surface area contributed by atoms with Crippen LogP contribution >= 0.6 is 27.5 Å². The Morgan fingerprint density at radius 3 is 2.56 bits per heavy atom. The fraction of sp³-hybridized carbons (Fsp3) is 0.250. The molecule has 0 unspecified atom stereocenters. The van der Waals surface area contributed by atoms with Gasteiger partial charge in [-0.2, -0.15) is 5.26 Å². The molecule has 140 valence electrons. The summed E-state index contributed by atoms with van der Waals surface area (Å²) in [6.07, 6.45) is 0.373. The topological polar surface area (TPSA) is 73.2 Å². The molecule has 0 fully saturated rings. The summed E-state index contributed by atoms with van der Waals surface area (Å²) in [5, 5.41) is 12.2. The third-order valence-electron chi connectivity index (χ3n) is 3.87. The second-order valence-electron chi connectivity index (χ2n) is 5.80. The molecule has 0 atom stereocenters. The van der Waals surface area contributed by atoms with Gasteiger partial charge in [0.1, 0.15) is 0 Å². The van der Waals surface area contributed by atoms with E-state index in [0.717, 1.165) is 15.7 Å². The highest BCUT2D eigenvalue weighted by Crippen LogP contribution is 2.21. The fourth-order valence-electron chi connectivity index (χ4n) is 2.47. The number of nitrogens with one attached hydrogen (secondary N) is 1. The van der Waals surface area contributed by atoms with Crippen molar-refractivity contribution in [3.8, 4) is 6.07 Å². The number of nitriles is 1. The van der Waals surface area contributed by atoms with Crippen LogP contribution in [0.1, 0.15) is 24.8 Å². The van der Waals surface area contributed by atoms with Gasteiger partial charge in [-0.1, -0.05) is 51.8 Å². The van der Waals surface area contributed by atoms with Gasteiger partial charge in [0.15, 0.2) is 0 Å². The van der Waals surface area contributed by atoms with Gasteiger partial charge in [0.05, 0.1) is 12.5 Å². The number of carbonyl (C=O) groups excluding carboxylic acids is 2. The van der Waals surface area contributed by atoms with Gasteiger partial charge in [0.25, 0.3) is 0 Å². The number of hydrogen-bond donors (Lipinski definition) is 1. The van der Waals surface area contributed by atoms with Crippen LogP contribution in [0.2, 0.25) is 5.02 Å². The molecule has 5 nitrogen and oxygen atoms in total. The fourth-order valence-corrected chi connectivity index (χ4v) is 3.21. The molecule has 0 bridgehead atoms. The predicted molar refractivity (Wildman–Crippen MR) is 109 cm³/mol. The monoisotopic (exact) mass is 447 g/mol. The summed E-state index contributed by atoms with van der Waals surface area (Å²) in [7, 11) is 0. The highest BCUT2D eigenvalue weighted by atomic mass is 79.9. The van der Waals surface area contributed by atoms with Crippen molar-refractivity contribution >= 4 is 45.0 Å². The van der Waals surface area contributed by atoms with Gasteiger partial charge in [0.2, 0.25) is 11.8 Å². The van der Waals surface area contributed by atoms with Crippen molar-refractivity contribution in [3.63, 3.8) is 0 Å². The zero-order valence-corrected chi connectivity index (χ0v) is 17.0. The van der Waals surface area contributed by atoms with E-state index in [2.05, 4.69) is 21.2 Å². The molecule has 2 rings (SSSR count). The number of benzene rings is 2. The standard InChI is InChI=1S/C20H19BrClN3O2/c21-16-8-7-15(18(22)13-16)14-24-19(26)9-10-20(27)25(12-4-11-23)17-5-2-1-3-6-17/h1-3,5-8,13H,4,9-10,12,14H2,(H,24,26). The van der Waals surface area contributed by atoms with E-state index in [1.54, 1.807) is 11.0 Å². The van der Waals surface area contributed by atoms with E-state index in [1.165, 1.54) is 0 Å². The molecule has 0 heterocycles. The maximum Gasteiger partial charge on any atom is 0.227 e. The Labute approximate surface area is 172 Å². The molecule has 0 aromatic heterocycles. The molecule has 0 radical (unpaired) electrons. The summed E-state index contributed by atoms with van der Waals surface area (Å²) in [5.41, 5.74) is 1.53. The quantitative estimate of drug-likeness (QED) is 0.648. The number of nitrogens with zero attached hydrogens (tertiary/aromatic N) is 2. The van der Waals surface area contributed by atoms with Crippen molar-refractivity contribution in [2.24, 2.45) is 0 Å². The van der Waals surface area contributed by atoms with Crippen molar-refractivity contribution in [2.45, 2.75) is 25.8 Å². The van der Waals surface area contributed by atoms with E-state index in [4.69, 9.17) is 16.9 Å². The lowest BCUT2D eigenvalue weighted by atomic mass is 10.2. The molecule has 0 aliphatic heterocycles. The van der Waals surface area contributed by atoms with Gasteiger partial charge in [-0.05, 0) is 29.8 Å². The minimum atomic E-state index is -0.226. The van der Waals surface area contributed by atoms with Crippen LogP contribution in [-0.2, 0) is 16.1 Å². The average molecular weight is 449 g/mol. The van der Waals surface area contributed by atoms with Crippen LogP contribution in [0.15, 0.2) is 53.0 Å². The van der Waals surface area contributed by atoms with Crippen molar-refractivity contribution < 1.29 is 9.59 Å². The normalized spacial score (nSPS) is 10.1. The van der Waals surface area contributed by atoms with E-state index < -0.39 is 0 Å². The molecular weight excluding hydrogens is 430 g/mol. The lowest BCUT2D eigenvalue weighted by Gasteiger charge is -2.21. The van der Waals surface area contributed by atoms with Gasteiger partial charge < -0.3 is 10.2 Å². The Bertz CT molecular complexity index is 837. The molecule has 7 heteroatoms. The van der Waals surface area contributed by atoms with Crippen LogP contribution in [0.4, 0.5) is 5.69 Å². The highest BCUT2D eigenvalue weighted by Gasteiger charge is 2.16. The minimum absolute atomic E-state index is 0.0697. The molecule has 0 aliphatic rings. The summed E-state index contributed by atoms with van der Waals surface area (Å²) >= 11 is 9.46. The molecule has 0 saturated heterocycles. The highest BCUT2D eigenvalue weighted by molar-refractivity contribution is 9.10.